The average Bonchev–Trinajstić information content (AvgIpc) is 3.29. The van der Waals surface area contributed by atoms with Crippen LogP contribution in [0.15, 0.2) is 54.7 Å². The van der Waals surface area contributed by atoms with Crippen LogP contribution in [0, 0.1) is 6.57 Å². The topological polar surface area (TPSA) is 97.9 Å². The van der Waals surface area contributed by atoms with Crippen LogP contribution >= 0.6 is 0 Å². The van der Waals surface area contributed by atoms with Gasteiger partial charge in [-0.2, -0.15) is 5.10 Å². The van der Waals surface area contributed by atoms with Crippen LogP contribution < -0.4 is 10.1 Å². The molecule has 0 aliphatic carbocycles. The standard InChI is InChI=1S/C20H14N8O/c1-21-16-6-3-7-17(24-16)29-20-13-9-8-12(11-15(13)28(2)27-20)23-19-18-14(25-26-19)5-4-10-22-18/h3-11H,2H3,(H2,23,25,26). The van der Waals surface area contributed by atoms with Gasteiger partial charge in [0.05, 0.1) is 16.4 Å². The molecular weight excluding hydrogens is 368 g/mol. The molecule has 5 rings (SSSR count). The number of fused-ring (bicyclic) bond motifs is 2. The Morgan fingerprint density at radius 1 is 1.17 bits per heavy atom. The Kier molecular flexibility index (Phi) is 3.81. The smallest absolute Gasteiger partial charge is 0.315 e. The molecule has 0 amide bonds. The summed E-state index contributed by atoms with van der Waals surface area (Å²) in [5.41, 5.74) is 3.35. The molecule has 0 saturated carbocycles. The molecule has 0 spiro atoms. The van der Waals surface area contributed by atoms with Crippen LogP contribution in [0.3, 0.4) is 0 Å². The van der Waals surface area contributed by atoms with E-state index in [0.717, 1.165) is 27.6 Å². The zero-order valence-electron chi connectivity index (χ0n) is 15.3. The lowest BCUT2D eigenvalue weighted by atomic mass is 10.2. The zero-order chi connectivity index (χ0) is 19.8. The fraction of sp³-hybridized carbons (Fsp3) is 0.0500. The number of aryl methyl sites for hydroxylation is 1. The maximum absolute atomic E-state index is 7.08. The number of hydrogen-bond donors (Lipinski definition) is 2. The number of aromatic nitrogens is 6. The van der Waals surface area contributed by atoms with Crippen molar-refractivity contribution in [2.45, 2.75) is 0 Å². The molecule has 9 nitrogen and oxygen atoms in total. The Labute approximate surface area is 164 Å². The van der Waals surface area contributed by atoms with Gasteiger partial charge in [0.1, 0.15) is 5.52 Å². The molecule has 2 N–H and O–H groups in total. The molecular formula is C20H14N8O. The third-order valence-corrected chi connectivity index (χ3v) is 4.43. The number of hydrogen-bond acceptors (Lipinski definition) is 6. The van der Waals surface area contributed by atoms with Gasteiger partial charge < -0.3 is 14.9 Å². The van der Waals surface area contributed by atoms with Gasteiger partial charge in [-0.1, -0.05) is 17.6 Å². The molecule has 0 aliphatic rings. The summed E-state index contributed by atoms with van der Waals surface area (Å²) in [6.45, 7) is 7.08. The molecule has 0 saturated heterocycles. The number of benzene rings is 1. The maximum atomic E-state index is 7.08. The summed E-state index contributed by atoms with van der Waals surface area (Å²) in [5, 5.41) is 15.8. The van der Waals surface area contributed by atoms with E-state index in [1.165, 1.54) is 0 Å². The number of H-pyrrole nitrogens is 1. The first-order chi connectivity index (χ1) is 14.2. The van der Waals surface area contributed by atoms with Gasteiger partial charge in [-0.3, -0.25) is 14.8 Å². The second-order valence-electron chi connectivity index (χ2n) is 6.31. The van der Waals surface area contributed by atoms with Crippen molar-refractivity contribution in [1.29, 1.82) is 0 Å². The van der Waals surface area contributed by atoms with Gasteiger partial charge in [-0.25, -0.2) is 0 Å². The molecule has 9 heteroatoms. The summed E-state index contributed by atoms with van der Waals surface area (Å²) >= 11 is 0. The largest absolute Gasteiger partial charge is 0.400 e. The predicted octanol–water partition coefficient (Wildman–Crippen LogP) is 4.33. The van der Waals surface area contributed by atoms with E-state index in [0.29, 0.717) is 17.6 Å². The summed E-state index contributed by atoms with van der Waals surface area (Å²) in [7, 11) is 1.84. The lowest BCUT2D eigenvalue weighted by molar-refractivity contribution is 0.442. The second-order valence-corrected chi connectivity index (χ2v) is 6.31. The van der Waals surface area contributed by atoms with Gasteiger partial charge in [-0.05, 0) is 36.4 Å². The Hall–Kier alpha value is -4.45. The van der Waals surface area contributed by atoms with E-state index in [4.69, 9.17) is 11.3 Å². The van der Waals surface area contributed by atoms with Gasteiger partial charge in [0.25, 0.3) is 5.82 Å². The van der Waals surface area contributed by atoms with Crippen LogP contribution in [-0.2, 0) is 7.05 Å². The first-order valence-electron chi connectivity index (χ1n) is 8.76. The number of nitrogens with one attached hydrogen (secondary N) is 2. The molecule has 4 aromatic heterocycles. The number of rotatable bonds is 4. The Morgan fingerprint density at radius 3 is 3.00 bits per heavy atom. The first kappa shape index (κ1) is 16.7. The lowest BCUT2D eigenvalue weighted by Crippen LogP contribution is -1.94. The minimum atomic E-state index is 0.272. The molecule has 1 aromatic carbocycles. The Bertz CT molecular complexity index is 1390. The highest BCUT2D eigenvalue weighted by Gasteiger charge is 2.14. The Morgan fingerprint density at radius 2 is 2.10 bits per heavy atom. The van der Waals surface area contributed by atoms with Gasteiger partial charge in [-0.15, -0.1) is 5.10 Å². The predicted molar refractivity (Wildman–Crippen MR) is 108 cm³/mol. The minimum Gasteiger partial charge on any atom is -0.400 e. The van der Waals surface area contributed by atoms with Gasteiger partial charge in [0.15, 0.2) is 5.82 Å². The van der Waals surface area contributed by atoms with Crippen LogP contribution in [0.2, 0.25) is 0 Å². The van der Waals surface area contributed by atoms with E-state index in [2.05, 4.69) is 35.4 Å². The van der Waals surface area contributed by atoms with Crippen molar-refractivity contribution in [1.82, 2.24) is 29.9 Å². The highest BCUT2D eigenvalue weighted by molar-refractivity contribution is 5.91. The summed E-state index contributed by atoms with van der Waals surface area (Å²) < 4.78 is 7.56. The van der Waals surface area contributed by atoms with Crippen LogP contribution in [0.4, 0.5) is 17.3 Å². The van der Waals surface area contributed by atoms with Gasteiger partial charge >= 0.3 is 5.88 Å². The van der Waals surface area contributed by atoms with Crippen molar-refractivity contribution >= 4 is 39.3 Å². The van der Waals surface area contributed by atoms with E-state index in [9.17, 15) is 0 Å². The molecule has 140 valence electrons. The highest BCUT2D eigenvalue weighted by atomic mass is 16.5. The molecule has 0 bridgehead atoms. The van der Waals surface area contributed by atoms with E-state index < -0.39 is 0 Å². The normalized spacial score (nSPS) is 10.9. The van der Waals surface area contributed by atoms with E-state index in [1.54, 1.807) is 29.1 Å². The summed E-state index contributed by atoms with van der Waals surface area (Å²) in [6.07, 6.45) is 1.73. The van der Waals surface area contributed by atoms with Crippen LogP contribution in [0.1, 0.15) is 0 Å². The van der Waals surface area contributed by atoms with Crippen molar-refractivity contribution < 1.29 is 4.74 Å². The first-order valence-corrected chi connectivity index (χ1v) is 8.76. The van der Waals surface area contributed by atoms with Crippen LogP contribution in [-0.4, -0.2) is 29.9 Å². The fourth-order valence-electron chi connectivity index (χ4n) is 3.08. The maximum Gasteiger partial charge on any atom is 0.315 e. The molecule has 4 heterocycles. The number of aromatic amines is 1. The van der Waals surface area contributed by atoms with Gasteiger partial charge in [0.2, 0.25) is 5.88 Å². The summed E-state index contributed by atoms with van der Waals surface area (Å²) in [6, 6.07) is 14.6. The number of nitrogens with zero attached hydrogens (tertiary/aromatic N) is 6. The fourth-order valence-corrected chi connectivity index (χ4v) is 3.08. The molecule has 0 unspecified atom stereocenters. The van der Waals surface area contributed by atoms with Gasteiger partial charge in [0, 0.05) is 25.0 Å². The molecule has 5 aromatic rings. The molecule has 0 aliphatic heterocycles. The summed E-state index contributed by atoms with van der Waals surface area (Å²) in [4.78, 5) is 11.8. The van der Waals surface area contributed by atoms with E-state index >= 15 is 0 Å². The SMILES string of the molecule is [C-]#[N+]c1cccc(Oc2nn(C)c3cc(Nc4n[nH]c5cccnc45)ccc23)n1. The van der Waals surface area contributed by atoms with Crippen molar-refractivity contribution in [3.8, 4) is 11.8 Å². The second kappa shape index (κ2) is 6.61. The molecule has 0 radical (unpaired) electrons. The molecule has 29 heavy (non-hydrogen) atoms. The van der Waals surface area contributed by atoms with E-state index in [-0.39, 0.29) is 5.82 Å². The van der Waals surface area contributed by atoms with Crippen molar-refractivity contribution in [3.63, 3.8) is 0 Å². The lowest BCUT2D eigenvalue weighted by Gasteiger charge is -2.04. The van der Waals surface area contributed by atoms with Crippen LogP contribution in [0.25, 0.3) is 26.8 Å². The Balaban J connectivity index is 1.48. The van der Waals surface area contributed by atoms with E-state index in [1.807, 2.05) is 37.4 Å². The van der Waals surface area contributed by atoms with Crippen molar-refractivity contribution in [2.24, 2.45) is 7.05 Å². The highest BCUT2D eigenvalue weighted by Crippen LogP contribution is 2.31. The summed E-state index contributed by atoms with van der Waals surface area (Å²) in [5.74, 6) is 1.68. The quantitative estimate of drug-likeness (QED) is 0.449. The van der Waals surface area contributed by atoms with Crippen LogP contribution in [0.5, 0.6) is 11.8 Å². The molecule has 0 atom stereocenters. The third kappa shape index (κ3) is 2.98. The zero-order valence-corrected chi connectivity index (χ0v) is 15.3. The minimum absolute atomic E-state index is 0.272. The van der Waals surface area contributed by atoms with Crippen molar-refractivity contribution in [2.75, 3.05) is 5.32 Å². The number of ether oxygens (including phenoxy) is 1. The molecule has 0 fully saturated rings. The third-order valence-electron chi connectivity index (χ3n) is 4.43. The monoisotopic (exact) mass is 382 g/mol. The number of anilines is 2. The average molecular weight is 382 g/mol. The number of pyridine rings is 2. The van der Waals surface area contributed by atoms with Crippen molar-refractivity contribution in [3.05, 3.63) is 66.1 Å².